The fourth-order valence-corrected chi connectivity index (χ4v) is 3.88. The Labute approximate surface area is 111 Å². The van der Waals surface area contributed by atoms with Crippen molar-refractivity contribution in [3.63, 3.8) is 0 Å². The lowest BCUT2D eigenvalue weighted by Crippen LogP contribution is -2.37. The first kappa shape index (κ1) is 12.7. The van der Waals surface area contributed by atoms with Gasteiger partial charge in [0, 0.05) is 18.7 Å². The topological polar surface area (TPSA) is 93.6 Å². The molecule has 19 heavy (non-hydrogen) atoms. The minimum absolute atomic E-state index is 0.0640. The Balaban J connectivity index is 1.89. The highest BCUT2D eigenvalue weighted by atomic mass is 32.2. The molecule has 1 saturated heterocycles. The van der Waals surface area contributed by atoms with Crippen LogP contribution in [0.2, 0.25) is 0 Å². The highest BCUT2D eigenvalue weighted by Gasteiger charge is 2.41. The number of amides is 1. The van der Waals surface area contributed by atoms with Gasteiger partial charge in [0.1, 0.15) is 10.7 Å². The van der Waals surface area contributed by atoms with E-state index in [1.54, 1.807) is 4.90 Å². The van der Waals surface area contributed by atoms with Crippen molar-refractivity contribution in [1.82, 2.24) is 4.90 Å². The van der Waals surface area contributed by atoms with Gasteiger partial charge in [-0.05, 0) is 32.1 Å². The van der Waals surface area contributed by atoms with Gasteiger partial charge < -0.3 is 9.32 Å². The summed E-state index contributed by atoms with van der Waals surface area (Å²) in [5, 5.41) is 5.07. The molecule has 104 valence electrons. The predicted molar refractivity (Wildman–Crippen MR) is 67.0 cm³/mol. The molecule has 3 rings (SSSR count). The summed E-state index contributed by atoms with van der Waals surface area (Å²) < 4.78 is 27.9. The standard InChI is InChI=1S/C12H16N2O4S/c1-7-11(19(13,16)17)5-10(18-7)12(15)14-6-8-2-3-9(14)4-8/h5,8-9H,2-4,6H2,1H3,(H2,13,16,17). The van der Waals surface area contributed by atoms with Gasteiger partial charge in [-0.3, -0.25) is 4.79 Å². The summed E-state index contributed by atoms with van der Waals surface area (Å²) in [6.07, 6.45) is 3.25. The molecule has 1 aromatic rings. The molecule has 2 unspecified atom stereocenters. The van der Waals surface area contributed by atoms with Crippen molar-refractivity contribution in [3.8, 4) is 0 Å². The van der Waals surface area contributed by atoms with E-state index in [0.717, 1.165) is 19.4 Å². The van der Waals surface area contributed by atoms with Crippen molar-refractivity contribution in [2.75, 3.05) is 6.54 Å². The van der Waals surface area contributed by atoms with E-state index < -0.39 is 10.0 Å². The second kappa shape index (κ2) is 4.08. The Morgan fingerprint density at radius 3 is 2.68 bits per heavy atom. The summed E-state index contributed by atoms with van der Waals surface area (Å²) >= 11 is 0. The Morgan fingerprint density at radius 2 is 2.21 bits per heavy atom. The average molecular weight is 284 g/mol. The third-order valence-corrected chi connectivity index (χ3v) is 5.08. The Hall–Kier alpha value is -1.34. The molecule has 7 heteroatoms. The lowest BCUT2D eigenvalue weighted by molar-refractivity contribution is 0.0669. The van der Waals surface area contributed by atoms with Crippen LogP contribution in [0.5, 0.6) is 0 Å². The van der Waals surface area contributed by atoms with Crippen molar-refractivity contribution in [3.05, 3.63) is 17.6 Å². The van der Waals surface area contributed by atoms with E-state index in [0.29, 0.717) is 5.92 Å². The molecule has 0 aromatic carbocycles. The molecule has 2 N–H and O–H groups in total. The SMILES string of the molecule is Cc1oc(C(=O)N2CC3CCC2C3)cc1S(N)(=O)=O. The minimum atomic E-state index is -3.84. The maximum atomic E-state index is 12.3. The number of hydrogen-bond acceptors (Lipinski definition) is 4. The van der Waals surface area contributed by atoms with Crippen LogP contribution in [-0.2, 0) is 10.0 Å². The molecule has 2 heterocycles. The highest BCUT2D eigenvalue weighted by Crippen LogP contribution is 2.38. The van der Waals surface area contributed by atoms with Gasteiger partial charge in [-0.1, -0.05) is 0 Å². The first-order valence-corrected chi connectivity index (χ1v) is 7.85. The van der Waals surface area contributed by atoms with E-state index in [4.69, 9.17) is 9.56 Å². The number of carbonyl (C=O) groups is 1. The van der Waals surface area contributed by atoms with E-state index in [9.17, 15) is 13.2 Å². The van der Waals surface area contributed by atoms with Crippen molar-refractivity contribution < 1.29 is 17.6 Å². The number of rotatable bonds is 2. The maximum absolute atomic E-state index is 12.3. The van der Waals surface area contributed by atoms with Crippen molar-refractivity contribution >= 4 is 15.9 Å². The number of likely N-dealkylation sites (tertiary alicyclic amines) is 1. The van der Waals surface area contributed by atoms with Gasteiger partial charge >= 0.3 is 0 Å². The van der Waals surface area contributed by atoms with Crippen molar-refractivity contribution in [2.24, 2.45) is 11.1 Å². The van der Waals surface area contributed by atoms with Gasteiger partial charge in [0.2, 0.25) is 10.0 Å². The van der Waals surface area contributed by atoms with Crippen LogP contribution < -0.4 is 5.14 Å². The zero-order valence-corrected chi connectivity index (χ0v) is 11.4. The van der Waals surface area contributed by atoms with Crippen LogP contribution >= 0.6 is 0 Å². The Kier molecular flexibility index (Phi) is 2.72. The van der Waals surface area contributed by atoms with Crippen LogP contribution in [0.15, 0.2) is 15.4 Å². The summed E-state index contributed by atoms with van der Waals surface area (Å²) in [6.45, 7) is 2.24. The third kappa shape index (κ3) is 2.06. The van der Waals surface area contributed by atoms with Crippen LogP contribution in [0.3, 0.4) is 0 Å². The number of nitrogens with two attached hydrogens (primary N) is 1. The first-order valence-electron chi connectivity index (χ1n) is 6.30. The van der Waals surface area contributed by atoms with Crippen LogP contribution in [0.1, 0.15) is 35.6 Å². The number of furan rings is 1. The molecule has 2 atom stereocenters. The molecule has 1 aromatic heterocycles. The van der Waals surface area contributed by atoms with E-state index in [-0.39, 0.29) is 28.4 Å². The van der Waals surface area contributed by atoms with Crippen LogP contribution in [0.25, 0.3) is 0 Å². The number of nitrogens with zero attached hydrogens (tertiary/aromatic N) is 1. The zero-order valence-electron chi connectivity index (χ0n) is 10.6. The molecule has 2 aliphatic rings. The van der Waals surface area contributed by atoms with Gasteiger partial charge in [-0.2, -0.15) is 0 Å². The molecule has 1 aliphatic heterocycles. The highest BCUT2D eigenvalue weighted by molar-refractivity contribution is 7.89. The van der Waals surface area contributed by atoms with Gasteiger partial charge in [-0.15, -0.1) is 0 Å². The van der Waals surface area contributed by atoms with Crippen LogP contribution in [0, 0.1) is 12.8 Å². The second-order valence-electron chi connectivity index (χ2n) is 5.37. The lowest BCUT2D eigenvalue weighted by atomic mass is 10.1. The van der Waals surface area contributed by atoms with Crippen molar-refractivity contribution in [1.29, 1.82) is 0 Å². The number of fused-ring (bicyclic) bond motifs is 2. The smallest absolute Gasteiger partial charge is 0.289 e. The number of carbonyl (C=O) groups excluding carboxylic acids is 1. The summed E-state index contributed by atoms with van der Waals surface area (Å²) in [5.74, 6) is 0.581. The predicted octanol–water partition coefficient (Wildman–Crippen LogP) is 0.860. The van der Waals surface area contributed by atoms with Crippen molar-refractivity contribution in [2.45, 2.75) is 37.1 Å². The number of aryl methyl sites for hydroxylation is 1. The fraction of sp³-hybridized carbons (Fsp3) is 0.583. The quantitative estimate of drug-likeness (QED) is 0.871. The van der Waals surface area contributed by atoms with E-state index in [1.165, 1.54) is 19.4 Å². The van der Waals surface area contributed by atoms with Gasteiger partial charge in [0.15, 0.2) is 5.76 Å². The fourth-order valence-electron chi connectivity index (χ4n) is 3.17. The molecule has 1 saturated carbocycles. The maximum Gasteiger partial charge on any atom is 0.289 e. The Morgan fingerprint density at radius 1 is 1.47 bits per heavy atom. The largest absolute Gasteiger partial charge is 0.455 e. The van der Waals surface area contributed by atoms with E-state index >= 15 is 0 Å². The molecule has 2 bridgehead atoms. The molecular weight excluding hydrogens is 268 g/mol. The normalized spacial score (nSPS) is 26.1. The van der Waals surface area contributed by atoms with E-state index in [2.05, 4.69) is 0 Å². The number of sulfonamides is 1. The average Bonchev–Trinajstić information content (AvgIpc) is 3.00. The number of hydrogen-bond donors (Lipinski definition) is 1. The molecule has 6 nitrogen and oxygen atoms in total. The lowest BCUT2D eigenvalue weighted by Gasteiger charge is -2.25. The monoisotopic (exact) mass is 284 g/mol. The van der Waals surface area contributed by atoms with Crippen LogP contribution in [0.4, 0.5) is 0 Å². The Bertz CT molecular complexity index is 634. The number of piperidine rings is 1. The summed E-state index contributed by atoms with van der Waals surface area (Å²) in [5.41, 5.74) is 0. The molecule has 1 aliphatic carbocycles. The number of primary sulfonamides is 1. The molecular formula is C12H16N2O4S. The molecule has 0 spiro atoms. The summed E-state index contributed by atoms with van der Waals surface area (Å²) in [4.78, 5) is 14.0. The third-order valence-electron chi connectivity index (χ3n) is 4.06. The second-order valence-corrected chi connectivity index (χ2v) is 6.90. The summed E-state index contributed by atoms with van der Waals surface area (Å²) in [7, 11) is -3.84. The zero-order chi connectivity index (χ0) is 13.8. The summed E-state index contributed by atoms with van der Waals surface area (Å²) in [6, 6.07) is 1.51. The molecule has 1 amide bonds. The van der Waals surface area contributed by atoms with E-state index in [1.807, 2.05) is 0 Å². The van der Waals surface area contributed by atoms with Crippen LogP contribution in [-0.4, -0.2) is 31.8 Å². The minimum Gasteiger partial charge on any atom is -0.455 e. The molecule has 2 fully saturated rings. The molecule has 0 radical (unpaired) electrons. The van der Waals surface area contributed by atoms with Gasteiger partial charge in [-0.25, -0.2) is 13.6 Å². The first-order chi connectivity index (χ1) is 8.86. The van der Waals surface area contributed by atoms with Gasteiger partial charge in [0.25, 0.3) is 5.91 Å². The van der Waals surface area contributed by atoms with Gasteiger partial charge in [0.05, 0.1) is 0 Å².